The molecule has 2 N–H and O–H groups in total. The first-order valence-electron chi connectivity index (χ1n) is 10.3. The van der Waals surface area contributed by atoms with Crippen LogP contribution >= 0.6 is 22.6 Å². The molecule has 0 spiro atoms. The third kappa shape index (κ3) is 4.67. The van der Waals surface area contributed by atoms with Crippen molar-refractivity contribution in [3.63, 3.8) is 0 Å². The van der Waals surface area contributed by atoms with E-state index in [1.165, 1.54) is 24.3 Å². The number of hydrazine groups is 1. The molecular weight excluding hydrogens is 562 g/mol. The van der Waals surface area contributed by atoms with E-state index in [2.05, 4.69) is 10.7 Å². The van der Waals surface area contributed by atoms with Gasteiger partial charge >= 0.3 is 6.18 Å². The fourth-order valence-electron chi connectivity index (χ4n) is 3.71. The molecule has 2 amide bonds. The Morgan fingerprint density at radius 3 is 2.56 bits per heavy atom. The Labute approximate surface area is 207 Å². The van der Waals surface area contributed by atoms with E-state index < -0.39 is 29.7 Å². The number of carbonyl (C=O) groups is 2. The Morgan fingerprint density at radius 1 is 1.12 bits per heavy atom. The van der Waals surface area contributed by atoms with E-state index >= 15 is 0 Å². The zero-order valence-electron chi connectivity index (χ0n) is 17.8. The molecular formula is C24H19F3IN3O3. The molecule has 0 aliphatic carbocycles. The van der Waals surface area contributed by atoms with E-state index in [4.69, 9.17) is 4.74 Å². The number of carbonyl (C=O) groups excluding carboxylic acids is 2. The average Bonchev–Trinajstić information content (AvgIpc) is 2.81. The van der Waals surface area contributed by atoms with Crippen LogP contribution < -0.4 is 15.5 Å². The summed E-state index contributed by atoms with van der Waals surface area (Å²) in [5.74, 6) is -1.04. The number of nitrogens with one attached hydrogen (secondary N) is 2. The Hall–Kier alpha value is -3.28. The number of alkyl halides is 3. The normalized spacial score (nSPS) is 15.4. The molecule has 6 nitrogen and oxygen atoms in total. The number of anilines is 1. The number of ether oxygens (including phenoxy) is 1. The highest BCUT2D eigenvalue weighted by Gasteiger charge is 2.41. The van der Waals surface area contributed by atoms with Crippen LogP contribution in [-0.4, -0.2) is 23.4 Å². The van der Waals surface area contributed by atoms with Gasteiger partial charge in [-0.15, -0.1) is 0 Å². The fourth-order valence-corrected chi connectivity index (χ4v) is 4.20. The minimum absolute atomic E-state index is 0.147. The van der Waals surface area contributed by atoms with E-state index in [0.717, 1.165) is 14.6 Å². The first kappa shape index (κ1) is 23.9. The Morgan fingerprint density at radius 2 is 1.82 bits per heavy atom. The van der Waals surface area contributed by atoms with Gasteiger partial charge in [0.15, 0.2) is 0 Å². The topological polar surface area (TPSA) is 70.7 Å². The second kappa shape index (κ2) is 9.53. The smallest absolute Gasteiger partial charge is 0.416 e. The highest BCUT2D eigenvalue weighted by Crippen LogP contribution is 2.39. The monoisotopic (exact) mass is 581 g/mol. The number of nitrogens with zero attached hydrogens (tertiary/aromatic N) is 1. The van der Waals surface area contributed by atoms with Gasteiger partial charge in [-0.05, 0) is 65.9 Å². The van der Waals surface area contributed by atoms with Gasteiger partial charge in [0.2, 0.25) is 0 Å². The molecule has 0 aromatic heterocycles. The number of hydrogen-bond acceptors (Lipinski definition) is 4. The minimum atomic E-state index is -4.66. The van der Waals surface area contributed by atoms with Crippen molar-refractivity contribution in [3.05, 3.63) is 92.6 Å². The van der Waals surface area contributed by atoms with Gasteiger partial charge in [0.05, 0.1) is 23.3 Å². The van der Waals surface area contributed by atoms with Gasteiger partial charge in [0.1, 0.15) is 11.9 Å². The summed E-state index contributed by atoms with van der Waals surface area (Å²) in [6.45, 7) is 2.07. The second-order valence-electron chi connectivity index (χ2n) is 7.37. The van der Waals surface area contributed by atoms with Crippen LogP contribution in [0.2, 0.25) is 0 Å². The summed E-state index contributed by atoms with van der Waals surface area (Å²) in [6, 6.07) is 16.3. The largest absolute Gasteiger partial charge is 0.493 e. The van der Waals surface area contributed by atoms with Crippen LogP contribution in [0.3, 0.4) is 0 Å². The van der Waals surface area contributed by atoms with Crippen LogP contribution in [0.15, 0.2) is 66.7 Å². The summed E-state index contributed by atoms with van der Waals surface area (Å²) in [4.78, 5) is 26.6. The van der Waals surface area contributed by atoms with Crippen LogP contribution in [0, 0.1) is 3.57 Å². The summed E-state index contributed by atoms with van der Waals surface area (Å²) < 4.78 is 47.7. The molecule has 176 valence electrons. The molecule has 1 atom stereocenters. The van der Waals surface area contributed by atoms with E-state index in [1.807, 2.05) is 22.6 Å². The maximum atomic E-state index is 13.8. The number of benzene rings is 3. The Bertz CT molecular complexity index is 1250. The first-order valence-corrected chi connectivity index (χ1v) is 11.4. The highest BCUT2D eigenvalue weighted by molar-refractivity contribution is 14.1. The predicted molar refractivity (Wildman–Crippen MR) is 128 cm³/mol. The molecule has 0 radical (unpaired) electrons. The van der Waals surface area contributed by atoms with E-state index in [-0.39, 0.29) is 16.7 Å². The van der Waals surface area contributed by atoms with Crippen LogP contribution in [0.4, 0.5) is 18.9 Å². The van der Waals surface area contributed by atoms with Gasteiger partial charge in [0.25, 0.3) is 11.8 Å². The predicted octanol–water partition coefficient (Wildman–Crippen LogP) is 5.62. The maximum Gasteiger partial charge on any atom is 0.416 e. The number of amides is 2. The van der Waals surface area contributed by atoms with Crippen molar-refractivity contribution < 1.29 is 27.5 Å². The molecule has 3 aromatic carbocycles. The van der Waals surface area contributed by atoms with Crippen molar-refractivity contribution >= 4 is 40.1 Å². The second-order valence-corrected chi connectivity index (χ2v) is 8.61. The molecule has 0 saturated heterocycles. The molecule has 0 saturated carbocycles. The zero-order chi connectivity index (χ0) is 24.5. The molecule has 10 heteroatoms. The number of halogens is 4. The van der Waals surface area contributed by atoms with Gasteiger partial charge in [-0.3, -0.25) is 15.0 Å². The Balaban J connectivity index is 1.80. The van der Waals surface area contributed by atoms with Crippen molar-refractivity contribution in [2.24, 2.45) is 0 Å². The van der Waals surface area contributed by atoms with Gasteiger partial charge < -0.3 is 10.1 Å². The summed E-state index contributed by atoms with van der Waals surface area (Å²) >= 11 is 2.03. The quantitative estimate of drug-likeness (QED) is 0.384. The third-order valence-electron chi connectivity index (χ3n) is 5.20. The van der Waals surface area contributed by atoms with Crippen molar-refractivity contribution in [2.75, 3.05) is 11.9 Å². The lowest BCUT2D eigenvalue weighted by Gasteiger charge is -2.38. The molecule has 1 aliphatic rings. The standard InChI is InChI=1S/C24H19F3IN3O3/c1-2-34-20-10-6-4-8-16(20)22(32)30-31-21(15-7-3-5-9-18(15)24(25,26)27)29-19-12-11-14(28)13-17(19)23(31)33/h3-13,21,29H,2H2,1H3,(H,30,32)/t21-/m0/s1. The maximum absolute atomic E-state index is 13.8. The number of fused-ring (bicyclic) bond motifs is 1. The molecule has 1 aliphatic heterocycles. The molecule has 3 aromatic rings. The SMILES string of the molecule is CCOc1ccccc1C(=O)NN1C(=O)c2cc(I)ccc2N[C@@H]1c1ccccc1C(F)(F)F. The molecule has 1 heterocycles. The van der Waals surface area contributed by atoms with Crippen LogP contribution in [0.25, 0.3) is 0 Å². The molecule has 0 bridgehead atoms. The summed E-state index contributed by atoms with van der Waals surface area (Å²) in [5, 5.41) is 3.88. The summed E-state index contributed by atoms with van der Waals surface area (Å²) in [7, 11) is 0. The minimum Gasteiger partial charge on any atom is -0.493 e. The first-order chi connectivity index (χ1) is 16.2. The summed E-state index contributed by atoms with van der Waals surface area (Å²) in [5.41, 5.74) is 2.13. The molecule has 4 rings (SSSR count). The van der Waals surface area contributed by atoms with Crippen molar-refractivity contribution in [2.45, 2.75) is 19.3 Å². The lowest BCUT2D eigenvalue weighted by Crippen LogP contribution is -2.53. The van der Waals surface area contributed by atoms with E-state index in [1.54, 1.807) is 43.3 Å². The van der Waals surface area contributed by atoms with Gasteiger partial charge in [-0.1, -0.05) is 30.3 Å². The van der Waals surface area contributed by atoms with E-state index in [9.17, 15) is 22.8 Å². The zero-order valence-corrected chi connectivity index (χ0v) is 20.0. The lowest BCUT2D eigenvalue weighted by atomic mass is 10.0. The van der Waals surface area contributed by atoms with Gasteiger partial charge in [0, 0.05) is 14.8 Å². The Kier molecular flexibility index (Phi) is 6.69. The van der Waals surface area contributed by atoms with Crippen LogP contribution in [-0.2, 0) is 6.18 Å². The lowest BCUT2D eigenvalue weighted by molar-refractivity contribution is -0.138. The van der Waals surface area contributed by atoms with Crippen molar-refractivity contribution in [1.82, 2.24) is 10.4 Å². The van der Waals surface area contributed by atoms with Crippen LogP contribution in [0.1, 0.15) is 44.9 Å². The third-order valence-corrected chi connectivity index (χ3v) is 5.87. The summed E-state index contributed by atoms with van der Waals surface area (Å²) in [6.07, 6.45) is -5.97. The van der Waals surface area contributed by atoms with Gasteiger partial charge in [-0.2, -0.15) is 13.2 Å². The number of hydrogen-bond donors (Lipinski definition) is 2. The van der Waals surface area contributed by atoms with Crippen molar-refractivity contribution in [1.29, 1.82) is 0 Å². The van der Waals surface area contributed by atoms with Crippen molar-refractivity contribution in [3.8, 4) is 5.75 Å². The average molecular weight is 581 g/mol. The molecule has 0 unspecified atom stereocenters. The molecule has 0 fully saturated rings. The van der Waals surface area contributed by atoms with E-state index in [0.29, 0.717) is 18.0 Å². The van der Waals surface area contributed by atoms with Gasteiger partial charge in [-0.25, -0.2) is 5.01 Å². The fraction of sp³-hybridized carbons (Fsp3) is 0.167. The number of rotatable bonds is 5. The molecule has 34 heavy (non-hydrogen) atoms. The van der Waals surface area contributed by atoms with Crippen LogP contribution in [0.5, 0.6) is 5.75 Å². The highest BCUT2D eigenvalue weighted by atomic mass is 127. The number of para-hydroxylation sites is 1.